The fourth-order valence-electron chi connectivity index (χ4n) is 3.03. The van der Waals surface area contributed by atoms with Crippen LogP contribution in [0.5, 0.6) is 0 Å². The number of hydrogen-bond acceptors (Lipinski definition) is 4. The van der Waals surface area contributed by atoms with E-state index in [2.05, 4.69) is 59.5 Å². The van der Waals surface area contributed by atoms with Gasteiger partial charge in [-0.2, -0.15) is 0 Å². The van der Waals surface area contributed by atoms with Gasteiger partial charge in [0.25, 0.3) is 0 Å². The van der Waals surface area contributed by atoms with Crippen LogP contribution in [0.2, 0.25) is 0 Å². The molecule has 4 rings (SSSR count). The van der Waals surface area contributed by atoms with E-state index in [9.17, 15) is 0 Å². The number of anilines is 1. The molecule has 0 spiro atoms. The van der Waals surface area contributed by atoms with E-state index in [-0.39, 0.29) is 0 Å². The molecule has 0 unspecified atom stereocenters. The van der Waals surface area contributed by atoms with E-state index in [1.165, 1.54) is 40.9 Å². The van der Waals surface area contributed by atoms with Crippen molar-refractivity contribution in [2.45, 2.75) is 19.3 Å². The molecule has 24 heavy (non-hydrogen) atoms. The Morgan fingerprint density at radius 1 is 1.08 bits per heavy atom. The van der Waals surface area contributed by atoms with E-state index in [1.807, 2.05) is 24.3 Å². The first-order valence-electron chi connectivity index (χ1n) is 7.71. The molecule has 3 aromatic heterocycles. The van der Waals surface area contributed by atoms with Crippen molar-refractivity contribution in [1.29, 1.82) is 0 Å². The molecule has 0 radical (unpaired) electrons. The van der Waals surface area contributed by atoms with Gasteiger partial charge in [-0.05, 0) is 81.0 Å². The lowest BCUT2D eigenvalue weighted by Gasteiger charge is -2.09. The molecule has 0 amide bonds. The van der Waals surface area contributed by atoms with Crippen molar-refractivity contribution in [3.05, 3.63) is 50.8 Å². The van der Waals surface area contributed by atoms with Crippen LogP contribution in [-0.2, 0) is 19.9 Å². The summed E-state index contributed by atoms with van der Waals surface area (Å²) in [5.74, 6) is 6.18. The molecule has 3 heterocycles. The number of aryl methyl sites for hydroxylation is 2. The second-order valence-electron chi connectivity index (χ2n) is 5.77. The molecule has 1 aliphatic carbocycles. The van der Waals surface area contributed by atoms with Gasteiger partial charge < -0.3 is 4.57 Å². The first-order valence-corrected chi connectivity index (χ1v) is 9.29. The highest BCUT2D eigenvalue weighted by Gasteiger charge is 2.20. The topological polar surface area (TPSA) is 60.0 Å². The third kappa shape index (κ3) is 3.48. The zero-order chi connectivity index (χ0) is 17.3. The average molecular weight is 453 g/mol. The second kappa shape index (κ2) is 7.21. The maximum Gasteiger partial charge on any atom is 0.143 e. The summed E-state index contributed by atoms with van der Waals surface area (Å²) in [6.45, 7) is 0. The standard InChI is InChI=1S/C11H11BrN2.C6H8BrN3/c1-14-9-4-2-3-7(9)8-5-6-10(12)13-11(8)14;1-10(8)6-4-2-3-5(7)9-6/h5-6H,2-4H2,1H3;2-4H,8H2,1H3. The zero-order valence-corrected chi connectivity index (χ0v) is 16.8. The van der Waals surface area contributed by atoms with Crippen LogP contribution in [-0.4, -0.2) is 21.6 Å². The number of aromatic nitrogens is 3. The summed E-state index contributed by atoms with van der Waals surface area (Å²) in [5, 5.41) is 2.80. The Kier molecular flexibility index (Phi) is 5.22. The van der Waals surface area contributed by atoms with Crippen LogP contribution in [0.25, 0.3) is 11.0 Å². The third-order valence-electron chi connectivity index (χ3n) is 4.14. The van der Waals surface area contributed by atoms with Gasteiger partial charge in [0, 0.05) is 25.2 Å². The van der Waals surface area contributed by atoms with Gasteiger partial charge in [0.1, 0.15) is 20.7 Å². The highest BCUT2D eigenvalue weighted by atomic mass is 79.9. The molecular formula is C17H19Br2N5. The van der Waals surface area contributed by atoms with E-state index >= 15 is 0 Å². The monoisotopic (exact) mass is 451 g/mol. The van der Waals surface area contributed by atoms with Crippen LogP contribution >= 0.6 is 31.9 Å². The van der Waals surface area contributed by atoms with Gasteiger partial charge in [-0.15, -0.1) is 0 Å². The lowest BCUT2D eigenvalue weighted by molar-refractivity contribution is 0.823. The van der Waals surface area contributed by atoms with Crippen LogP contribution in [0.1, 0.15) is 17.7 Å². The molecule has 0 fully saturated rings. The molecule has 0 saturated carbocycles. The molecule has 2 N–H and O–H groups in total. The number of pyridine rings is 2. The molecule has 0 aromatic carbocycles. The number of nitrogens with two attached hydrogens (primary N) is 1. The highest BCUT2D eigenvalue weighted by molar-refractivity contribution is 9.10. The van der Waals surface area contributed by atoms with Crippen molar-refractivity contribution >= 4 is 48.7 Å². The summed E-state index contributed by atoms with van der Waals surface area (Å²) in [5.41, 5.74) is 4.11. The summed E-state index contributed by atoms with van der Waals surface area (Å²) in [4.78, 5) is 8.61. The second-order valence-corrected chi connectivity index (χ2v) is 7.40. The minimum atomic E-state index is 0.745. The molecule has 0 aliphatic heterocycles. The van der Waals surface area contributed by atoms with Gasteiger partial charge in [-0.3, -0.25) is 5.01 Å². The zero-order valence-electron chi connectivity index (χ0n) is 13.6. The van der Waals surface area contributed by atoms with Crippen molar-refractivity contribution in [2.75, 3.05) is 12.1 Å². The van der Waals surface area contributed by atoms with E-state index in [1.54, 1.807) is 7.05 Å². The SMILES string of the molecule is CN(N)c1cccc(Br)n1.Cn1c2c(c3ccc(Br)nc31)CCC2. The van der Waals surface area contributed by atoms with Crippen molar-refractivity contribution in [2.24, 2.45) is 12.9 Å². The largest absolute Gasteiger partial charge is 0.332 e. The predicted molar refractivity (Wildman–Crippen MR) is 105 cm³/mol. The van der Waals surface area contributed by atoms with Crippen LogP contribution in [0, 0.1) is 0 Å². The summed E-state index contributed by atoms with van der Waals surface area (Å²) in [6, 6.07) is 9.78. The molecule has 1 aliphatic rings. The Labute approximate surface area is 158 Å². The Balaban J connectivity index is 0.000000150. The lowest BCUT2D eigenvalue weighted by atomic mass is 10.2. The molecule has 0 saturated heterocycles. The Hall–Kier alpha value is -1.44. The molecule has 3 aromatic rings. The van der Waals surface area contributed by atoms with Crippen molar-refractivity contribution in [1.82, 2.24) is 14.5 Å². The highest BCUT2D eigenvalue weighted by Crippen LogP contribution is 2.31. The van der Waals surface area contributed by atoms with E-state index in [0.717, 1.165) is 20.7 Å². The van der Waals surface area contributed by atoms with Gasteiger partial charge in [-0.25, -0.2) is 15.8 Å². The molecule has 5 nitrogen and oxygen atoms in total. The van der Waals surface area contributed by atoms with Crippen molar-refractivity contribution in [3.8, 4) is 0 Å². The van der Waals surface area contributed by atoms with Crippen molar-refractivity contribution in [3.63, 3.8) is 0 Å². The quantitative estimate of drug-likeness (QED) is 0.344. The molecule has 0 bridgehead atoms. The molecule has 0 atom stereocenters. The lowest BCUT2D eigenvalue weighted by Crippen LogP contribution is -2.25. The summed E-state index contributed by atoms with van der Waals surface area (Å²) in [7, 11) is 3.86. The minimum Gasteiger partial charge on any atom is -0.332 e. The van der Waals surface area contributed by atoms with E-state index in [4.69, 9.17) is 5.84 Å². The number of hydrazine groups is 1. The fraction of sp³-hybridized carbons (Fsp3) is 0.294. The Morgan fingerprint density at radius 2 is 1.83 bits per heavy atom. The summed E-state index contributed by atoms with van der Waals surface area (Å²) < 4.78 is 3.95. The number of hydrogen-bond donors (Lipinski definition) is 1. The van der Waals surface area contributed by atoms with Gasteiger partial charge in [0.15, 0.2) is 0 Å². The number of nitrogens with zero attached hydrogens (tertiary/aromatic N) is 4. The van der Waals surface area contributed by atoms with Gasteiger partial charge >= 0.3 is 0 Å². The maximum absolute atomic E-state index is 5.43. The van der Waals surface area contributed by atoms with Gasteiger partial charge in [0.05, 0.1) is 0 Å². The summed E-state index contributed by atoms with van der Waals surface area (Å²) >= 11 is 6.65. The van der Waals surface area contributed by atoms with E-state index < -0.39 is 0 Å². The number of fused-ring (bicyclic) bond motifs is 3. The predicted octanol–water partition coefficient (Wildman–Crippen LogP) is 3.98. The first kappa shape index (κ1) is 17.4. The Morgan fingerprint density at radius 3 is 2.50 bits per heavy atom. The number of rotatable bonds is 1. The normalized spacial score (nSPS) is 12.7. The third-order valence-corrected chi connectivity index (χ3v) is 5.02. The van der Waals surface area contributed by atoms with Crippen LogP contribution in [0.15, 0.2) is 39.5 Å². The van der Waals surface area contributed by atoms with Crippen LogP contribution in [0.4, 0.5) is 5.82 Å². The van der Waals surface area contributed by atoms with Crippen LogP contribution in [0.3, 0.4) is 0 Å². The maximum atomic E-state index is 5.43. The minimum absolute atomic E-state index is 0.745. The Bertz CT molecular complexity index is 873. The van der Waals surface area contributed by atoms with Crippen LogP contribution < -0.4 is 10.9 Å². The van der Waals surface area contributed by atoms with Gasteiger partial charge in [0.2, 0.25) is 0 Å². The smallest absolute Gasteiger partial charge is 0.143 e. The molecule has 126 valence electrons. The van der Waals surface area contributed by atoms with E-state index in [0.29, 0.717) is 0 Å². The average Bonchev–Trinajstić information content (AvgIpc) is 3.12. The van der Waals surface area contributed by atoms with Crippen molar-refractivity contribution < 1.29 is 0 Å². The molecule has 7 heteroatoms. The summed E-state index contributed by atoms with van der Waals surface area (Å²) in [6.07, 6.45) is 3.72. The molecular weight excluding hydrogens is 434 g/mol. The first-order chi connectivity index (χ1) is 11.5. The number of halogens is 2. The fourth-order valence-corrected chi connectivity index (χ4v) is 3.66. The van der Waals surface area contributed by atoms with Gasteiger partial charge in [-0.1, -0.05) is 6.07 Å².